The lowest BCUT2D eigenvalue weighted by Gasteiger charge is -2.08. The van der Waals surface area contributed by atoms with E-state index in [2.05, 4.69) is 10.1 Å². The second-order valence-corrected chi connectivity index (χ2v) is 4.81. The van der Waals surface area contributed by atoms with Gasteiger partial charge in [-0.05, 0) is 17.7 Å². The molecule has 0 unspecified atom stereocenters. The number of aromatic nitrogens is 4. The van der Waals surface area contributed by atoms with E-state index >= 15 is 0 Å². The van der Waals surface area contributed by atoms with Crippen molar-refractivity contribution in [2.45, 2.75) is 13.1 Å². The number of halogens is 1. The van der Waals surface area contributed by atoms with Gasteiger partial charge < -0.3 is 5.73 Å². The van der Waals surface area contributed by atoms with Crippen LogP contribution in [0.15, 0.2) is 35.5 Å². The smallest absolute Gasteiger partial charge is 0.264 e. The summed E-state index contributed by atoms with van der Waals surface area (Å²) in [5.41, 5.74) is 7.04. The van der Waals surface area contributed by atoms with Crippen LogP contribution in [0.4, 0.5) is 4.39 Å². The Bertz CT molecular complexity index is 867. The predicted octanol–water partition coefficient (Wildman–Crippen LogP) is 0.776. The van der Waals surface area contributed by atoms with E-state index in [4.69, 9.17) is 5.73 Å². The lowest BCUT2D eigenvalue weighted by molar-refractivity contribution is 0.594. The molecule has 0 bridgehead atoms. The molecule has 2 N–H and O–H groups in total. The maximum absolute atomic E-state index is 13.8. The number of nitrogens with zero attached hydrogens (tertiary/aromatic N) is 4. The van der Waals surface area contributed by atoms with Crippen molar-refractivity contribution in [2.24, 2.45) is 12.8 Å². The minimum atomic E-state index is -0.370. The minimum Gasteiger partial charge on any atom is -0.326 e. The number of nitrogens with two attached hydrogens (primary N) is 1. The van der Waals surface area contributed by atoms with Crippen LogP contribution in [0.1, 0.15) is 11.1 Å². The van der Waals surface area contributed by atoms with Gasteiger partial charge in [-0.3, -0.25) is 14.0 Å². The first-order valence-electron chi connectivity index (χ1n) is 6.44. The molecule has 0 saturated carbocycles. The number of fused-ring (bicyclic) bond motifs is 1. The Morgan fingerprint density at radius 2 is 2.19 bits per heavy atom. The van der Waals surface area contributed by atoms with Gasteiger partial charge in [-0.2, -0.15) is 5.10 Å². The molecule has 0 fully saturated rings. The number of hydrogen-bond donors (Lipinski definition) is 1. The van der Waals surface area contributed by atoms with Crippen LogP contribution in [0.3, 0.4) is 0 Å². The molecule has 0 amide bonds. The van der Waals surface area contributed by atoms with Gasteiger partial charge >= 0.3 is 0 Å². The fourth-order valence-corrected chi connectivity index (χ4v) is 2.24. The van der Waals surface area contributed by atoms with Crippen molar-refractivity contribution in [3.05, 3.63) is 58.0 Å². The van der Waals surface area contributed by atoms with Crippen LogP contribution in [0.25, 0.3) is 11.0 Å². The fourth-order valence-electron chi connectivity index (χ4n) is 2.24. The summed E-state index contributed by atoms with van der Waals surface area (Å²) in [5, 5.41) is 4.41. The molecule has 0 radical (unpaired) electrons. The van der Waals surface area contributed by atoms with Crippen molar-refractivity contribution in [3.8, 4) is 0 Å². The van der Waals surface area contributed by atoms with Crippen LogP contribution in [0, 0.1) is 5.82 Å². The van der Waals surface area contributed by atoms with Gasteiger partial charge in [0, 0.05) is 19.2 Å². The first-order valence-corrected chi connectivity index (χ1v) is 6.44. The van der Waals surface area contributed by atoms with E-state index in [0.29, 0.717) is 23.1 Å². The highest BCUT2D eigenvalue weighted by Gasteiger charge is 2.10. The van der Waals surface area contributed by atoms with Crippen molar-refractivity contribution in [3.63, 3.8) is 0 Å². The third kappa shape index (κ3) is 2.31. The largest absolute Gasteiger partial charge is 0.326 e. The molecule has 3 rings (SSSR count). The van der Waals surface area contributed by atoms with E-state index in [0.717, 1.165) is 5.56 Å². The van der Waals surface area contributed by atoms with E-state index < -0.39 is 0 Å². The van der Waals surface area contributed by atoms with Crippen molar-refractivity contribution in [2.75, 3.05) is 0 Å². The molecule has 7 heteroatoms. The molecule has 0 atom stereocenters. The van der Waals surface area contributed by atoms with Gasteiger partial charge in [-0.1, -0.05) is 6.07 Å². The molecule has 0 saturated heterocycles. The monoisotopic (exact) mass is 287 g/mol. The summed E-state index contributed by atoms with van der Waals surface area (Å²) in [5.74, 6) is -0.370. The molecule has 1 aromatic carbocycles. The quantitative estimate of drug-likeness (QED) is 0.772. The average molecular weight is 287 g/mol. The Hall–Kier alpha value is -2.54. The Morgan fingerprint density at radius 3 is 2.95 bits per heavy atom. The van der Waals surface area contributed by atoms with E-state index in [9.17, 15) is 9.18 Å². The van der Waals surface area contributed by atoms with Gasteiger partial charge in [0.05, 0.1) is 12.7 Å². The number of rotatable bonds is 3. The van der Waals surface area contributed by atoms with Gasteiger partial charge in [0.25, 0.3) is 5.56 Å². The van der Waals surface area contributed by atoms with E-state index in [1.54, 1.807) is 19.2 Å². The molecule has 0 aliphatic carbocycles. The van der Waals surface area contributed by atoms with Gasteiger partial charge in [-0.15, -0.1) is 0 Å². The lowest BCUT2D eigenvalue weighted by Crippen LogP contribution is -2.21. The second kappa shape index (κ2) is 5.10. The van der Waals surface area contributed by atoms with Crippen LogP contribution in [0.5, 0.6) is 0 Å². The summed E-state index contributed by atoms with van der Waals surface area (Å²) in [4.78, 5) is 16.5. The number of benzene rings is 1. The molecule has 3 aromatic rings. The molecule has 0 aliphatic rings. The summed E-state index contributed by atoms with van der Waals surface area (Å²) < 4.78 is 16.7. The molecule has 108 valence electrons. The second-order valence-electron chi connectivity index (χ2n) is 4.81. The van der Waals surface area contributed by atoms with Crippen LogP contribution < -0.4 is 11.3 Å². The van der Waals surface area contributed by atoms with Crippen molar-refractivity contribution in [1.29, 1.82) is 0 Å². The molecule has 2 heterocycles. The third-order valence-electron chi connectivity index (χ3n) is 3.40. The fraction of sp³-hybridized carbons (Fsp3) is 0.214. The van der Waals surface area contributed by atoms with E-state index in [1.165, 1.54) is 27.8 Å². The van der Waals surface area contributed by atoms with Gasteiger partial charge in [0.2, 0.25) is 0 Å². The lowest BCUT2D eigenvalue weighted by atomic mass is 10.1. The van der Waals surface area contributed by atoms with Crippen LogP contribution in [-0.4, -0.2) is 19.3 Å². The first kappa shape index (κ1) is 13.4. The third-order valence-corrected chi connectivity index (χ3v) is 3.40. The van der Waals surface area contributed by atoms with Gasteiger partial charge in [-0.25, -0.2) is 9.37 Å². The molecular weight excluding hydrogens is 273 g/mol. The van der Waals surface area contributed by atoms with E-state index in [-0.39, 0.29) is 17.9 Å². The molecule has 21 heavy (non-hydrogen) atoms. The Morgan fingerprint density at radius 1 is 1.38 bits per heavy atom. The van der Waals surface area contributed by atoms with Crippen molar-refractivity contribution in [1.82, 2.24) is 19.3 Å². The van der Waals surface area contributed by atoms with Crippen LogP contribution >= 0.6 is 0 Å². The van der Waals surface area contributed by atoms with Crippen molar-refractivity contribution >= 4 is 11.0 Å². The average Bonchev–Trinajstić information content (AvgIpc) is 2.86. The summed E-state index contributed by atoms with van der Waals surface area (Å²) >= 11 is 0. The summed E-state index contributed by atoms with van der Waals surface area (Å²) in [6.07, 6.45) is 2.87. The summed E-state index contributed by atoms with van der Waals surface area (Å²) in [6, 6.07) is 4.65. The normalized spacial score (nSPS) is 11.2. The highest BCUT2D eigenvalue weighted by molar-refractivity contribution is 5.72. The van der Waals surface area contributed by atoms with Gasteiger partial charge in [0.1, 0.15) is 17.5 Å². The molecular formula is C14H14FN5O. The zero-order chi connectivity index (χ0) is 15.0. The zero-order valence-electron chi connectivity index (χ0n) is 11.5. The maximum Gasteiger partial charge on any atom is 0.264 e. The number of aryl methyl sites for hydroxylation is 1. The van der Waals surface area contributed by atoms with Gasteiger partial charge in [0.15, 0.2) is 5.65 Å². The predicted molar refractivity (Wildman–Crippen MR) is 76.2 cm³/mol. The highest BCUT2D eigenvalue weighted by Crippen LogP contribution is 2.12. The Balaban J connectivity index is 2.06. The Labute approximate surface area is 119 Å². The SMILES string of the molecule is Cn1ncc2c(=O)n(Cc3cc(CN)ccc3F)cnc21. The maximum atomic E-state index is 13.8. The highest BCUT2D eigenvalue weighted by atomic mass is 19.1. The zero-order valence-corrected chi connectivity index (χ0v) is 11.5. The Kier molecular flexibility index (Phi) is 3.26. The molecule has 0 aliphatic heterocycles. The molecule has 6 nitrogen and oxygen atoms in total. The van der Waals surface area contributed by atoms with E-state index in [1.807, 2.05) is 0 Å². The topological polar surface area (TPSA) is 78.7 Å². The summed E-state index contributed by atoms with van der Waals surface area (Å²) in [6.45, 7) is 0.429. The number of hydrogen-bond acceptors (Lipinski definition) is 4. The molecule has 0 spiro atoms. The standard InChI is InChI=1S/C14H14FN5O/c1-19-13-11(6-18-19)14(21)20(8-17-13)7-10-4-9(5-16)2-3-12(10)15/h2-4,6,8H,5,7,16H2,1H3. The van der Waals surface area contributed by atoms with Crippen LogP contribution in [0.2, 0.25) is 0 Å². The molecule has 2 aromatic heterocycles. The first-order chi connectivity index (χ1) is 10.1. The summed E-state index contributed by atoms with van der Waals surface area (Å²) in [7, 11) is 1.71. The van der Waals surface area contributed by atoms with Crippen LogP contribution in [-0.2, 0) is 20.1 Å². The minimum absolute atomic E-state index is 0.107. The van der Waals surface area contributed by atoms with Crippen molar-refractivity contribution < 1.29 is 4.39 Å².